The van der Waals surface area contributed by atoms with Gasteiger partial charge in [0.25, 0.3) is 10.0 Å². The summed E-state index contributed by atoms with van der Waals surface area (Å²) in [6.07, 6.45) is 0. The van der Waals surface area contributed by atoms with Crippen molar-refractivity contribution in [3.05, 3.63) is 96.6 Å². The molecule has 0 aliphatic carbocycles. The van der Waals surface area contributed by atoms with Crippen molar-refractivity contribution in [1.29, 1.82) is 0 Å². The predicted molar refractivity (Wildman–Crippen MR) is 168 cm³/mol. The number of hydrogen-bond donors (Lipinski definition) is 4. The number of fused-ring (bicyclic) bond motifs is 1. The number of methoxy groups -OCH3 is 2. The lowest BCUT2D eigenvalue weighted by atomic mass is 10.2. The summed E-state index contributed by atoms with van der Waals surface area (Å²) < 4.78 is 40.8. The molecule has 5 N–H and O–H groups in total. The molecule has 5 aromatic rings. The van der Waals surface area contributed by atoms with Crippen LogP contribution in [0.3, 0.4) is 0 Å². The molecule has 0 atom stereocenters. The van der Waals surface area contributed by atoms with E-state index in [0.29, 0.717) is 39.5 Å². The summed E-state index contributed by atoms with van der Waals surface area (Å²) >= 11 is 0. The molecule has 44 heavy (non-hydrogen) atoms. The summed E-state index contributed by atoms with van der Waals surface area (Å²) in [6.45, 7) is 0.0172. The Morgan fingerprint density at radius 2 is 1.52 bits per heavy atom. The Bertz CT molecular complexity index is 1910. The first-order valence-corrected chi connectivity index (χ1v) is 14.8. The Balaban J connectivity index is 1.50. The molecule has 13 heteroatoms. The van der Waals surface area contributed by atoms with E-state index in [1.54, 1.807) is 77.7 Å². The fraction of sp³-hybridized carbons (Fsp3) is 0.129. The van der Waals surface area contributed by atoms with Crippen LogP contribution in [0.1, 0.15) is 5.56 Å². The fourth-order valence-corrected chi connectivity index (χ4v) is 5.56. The number of carbonyl (C=O) groups is 1. The van der Waals surface area contributed by atoms with Crippen molar-refractivity contribution in [2.45, 2.75) is 11.4 Å². The minimum atomic E-state index is -4.21. The molecule has 5 rings (SSSR count). The molecule has 1 heterocycles. The number of carbonyl (C=O) groups excluding carboxylic acids is 1. The highest BCUT2D eigenvalue weighted by Crippen LogP contribution is 2.32. The number of nitrogens with zero attached hydrogens (tertiary/aromatic N) is 3. The number of anilines is 4. The van der Waals surface area contributed by atoms with Gasteiger partial charge in [0, 0.05) is 36.1 Å². The number of aromatic hydroxyl groups is 1. The first-order valence-electron chi connectivity index (χ1n) is 13.3. The summed E-state index contributed by atoms with van der Waals surface area (Å²) in [5, 5.41) is 13.0. The third kappa shape index (κ3) is 7.07. The highest BCUT2D eigenvalue weighted by molar-refractivity contribution is 7.92. The van der Waals surface area contributed by atoms with Crippen LogP contribution in [0.2, 0.25) is 0 Å². The van der Waals surface area contributed by atoms with Gasteiger partial charge in [0.15, 0.2) is 11.6 Å². The number of nitrogens with two attached hydrogens (primary N) is 1. The first-order chi connectivity index (χ1) is 21.1. The van der Waals surface area contributed by atoms with Crippen molar-refractivity contribution in [1.82, 2.24) is 9.97 Å². The molecule has 0 aliphatic heterocycles. The highest BCUT2D eigenvalue weighted by Gasteiger charge is 2.21. The molecule has 0 saturated heterocycles. The van der Waals surface area contributed by atoms with Gasteiger partial charge < -0.3 is 30.5 Å². The number of benzene rings is 4. The zero-order valence-electron chi connectivity index (χ0n) is 23.9. The van der Waals surface area contributed by atoms with Gasteiger partial charge in [0.2, 0.25) is 5.91 Å². The van der Waals surface area contributed by atoms with Gasteiger partial charge in [-0.1, -0.05) is 30.3 Å². The average molecular weight is 615 g/mol. The van der Waals surface area contributed by atoms with E-state index in [9.17, 15) is 18.3 Å². The van der Waals surface area contributed by atoms with Crippen LogP contribution < -0.4 is 30.1 Å². The maximum atomic E-state index is 13.8. The molecule has 0 spiro atoms. The van der Waals surface area contributed by atoms with Gasteiger partial charge in [-0.3, -0.25) is 9.52 Å². The van der Waals surface area contributed by atoms with Crippen LogP contribution in [0.5, 0.6) is 17.2 Å². The third-order valence-corrected chi connectivity index (χ3v) is 7.88. The van der Waals surface area contributed by atoms with Crippen molar-refractivity contribution in [2.24, 2.45) is 5.73 Å². The van der Waals surface area contributed by atoms with Crippen molar-refractivity contribution >= 4 is 50.0 Å². The number of phenolic OH excluding ortho intramolecular Hbond substituents is 1. The number of para-hydroxylation sites is 2. The van der Waals surface area contributed by atoms with E-state index >= 15 is 0 Å². The van der Waals surface area contributed by atoms with Gasteiger partial charge in [0.05, 0.1) is 36.7 Å². The number of hydrogen-bond acceptors (Lipinski definition) is 10. The normalized spacial score (nSPS) is 11.1. The van der Waals surface area contributed by atoms with Crippen molar-refractivity contribution < 1.29 is 27.8 Å². The Labute approximate surface area is 254 Å². The van der Waals surface area contributed by atoms with Gasteiger partial charge in [-0.05, 0) is 48.0 Å². The number of aromatic nitrogens is 2. The van der Waals surface area contributed by atoms with Crippen LogP contribution in [0.15, 0.2) is 95.9 Å². The summed E-state index contributed by atoms with van der Waals surface area (Å²) in [5.74, 6) is 0.613. The van der Waals surface area contributed by atoms with E-state index in [2.05, 4.69) is 20.0 Å². The molecule has 0 saturated carbocycles. The average Bonchev–Trinajstić information content (AvgIpc) is 3.00. The molecule has 0 radical (unpaired) electrons. The molecule has 1 amide bonds. The maximum absolute atomic E-state index is 13.8. The second-order valence-electron chi connectivity index (χ2n) is 9.73. The number of nitrogens with one attached hydrogen (secondary N) is 2. The topological polar surface area (TPSA) is 169 Å². The van der Waals surface area contributed by atoms with E-state index in [1.165, 1.54) is 32.4 Å². The molecule has 0 aliphatic rings. The third-order valence-electron chi connectivity index (χ3n) is 6.54. The lowest BCUT2D eigenvalue weighted by Gasteiger charge is -2.24. The maximum Gasteiger partial charge on any atom is 0.263 e. The summed E-state index contributed by atoms with van der Waals surface area (Å²) in [6, 6.07) is 24.8. The fourth-order valence-electron chi connectivity index (χ4n) is 4.51. The quantitative estimate of drug-likeness (QED) is 0.158. The van der Waals surface area contributed by atoms with Crippen LogP contribution in [-0.2, 0) is 21.4 Å². The van der Waals surface area contributed by atoms with Crippen LogP contribution in [0.4, 0.5) is 23.0 Å². The largest absolute Gasteiger partial charge is 0.508 e. The van der Waals surface area contributed by atoms with Crippen molar-refractivity contribution in [3.8, 4) is 17.2 Å². The summed E-state index contributed by atoms with van der Waals surface area (Å²) in [5.41, 5.74) is 8.19. The van der Waals surface area contributed by atoms with Crippen LogP contribution in [-0.4, -0.2) is 50.2 Å². The predicted octanol–water partition coefficient (Wildman–Crippen LogP) is 4.39. The van der Waals surface area contributed by atoms with Gasteiger partial charge >= 0.3 is 0 Å². The Kier molecular flexibility index (Phi) is 8.67. The Morgan fingerprint density at radius 3 is 2.16 bits per heavy atom. The summed E-state index contributed by atoms with van der Waals surface area (Å²) in [7, 11) is -1.16. The lowest BCUT2D eigenvalue weighted by molar-refractivity contribution is -0.116. The Hall–Kier alpha value is -5.56. The molecule has 1 aromatic heterocycles. The van der Waals surface area contributed by atoms with Crippen LogP contribution in [0, 0.1) is 0 Å². The standard InChI is InChI=1S/C31H30N6O6S/c1-42-24-14-21(15-25(17-24)43-2)33-30-31(35-28-12-4-3-11-27(28)34-30)36-44(40,41)26-10-6-8-22(16-26)37(19-29(32)39)18-20-7-5-9-23(38)13-20/h3-17,38H,18-19H2,1-2H3,(H2,32,39)(H,33,34)(H,35,36). The van der Waals surface area contributed by atoms with Crippen LogP contribution >= 0.6 is 0 Å². The van der Waals surface area contributed by atoms with E-state index in [1.807, 2.05) is 0 Å². The van der Waals surface area contributed by atoms with E-state index in [4.69, 9.17) is 15.2 Å². The second kappa shape index (κ2) is 12.8. The number of phenols is 1. The van der Waals surface area contributed by atoms with Crippen molar-refractivity contribution in [2.75, 3.05) is 35.7 Å². The zero-order valence-corrected chi connectivity index (χ0v) is 24.7. The van der Waals surface area contributed by atoms with E-state index < -0.39 is 15.9 Å². The minimum absolute atomic E-state index is 0.0374. The highest BCUT2D eigenvalue weighted by atomic mass is 32.2. The van der Waals surface area contributed by atoms with E-state index in [0.717, 1.165) is 0 Å². The molecule has 4 aromatic carbocycles. The minimum Gasteiger partial charge on any atom is -0.508 e. The zero-order chi connectivity index (χ0) is 31.3. The molecular formula is C31H30N6O6S. The molecule has 0 fully saturated rings. The van der Waals surface area contributed by atoms with Gasteiger partial charge in [0.1, 0.15) is 17.2 Å². The summed E-state index contributed by atoms with van der Waals surface area (Å²) in [4.78, 5) is 22.6. The molecule has 0 unspecified atom stereocenters. The number of rotatable bonds is 12. The Morgan fingerprint density at radius 1 is 0.864 bits per heavy atom. The monoisotopic (exact) mass is 614 g/mol. The first kappa shape index (κ1) is 29.9. The number of amides is 1. The second-order valence-corrected chi connectivity index (χ2v) is 11.4. The van der Waals surface area contributed by atoms with Gasteiger partial charge in [-0.15, -0.1) is 0 Å². The number of primary amides is 1. The lowest BCUT2D eigenvalue weighted by Crippen LogP contribution is -2.33. The van der Waals surface area contributed by atoms with E-state index in [-0.39, 0.29) is 35.4 Å². The SMILES string of the molecule is COc1cc(Nc2nc3ccccc3nc2NS(=O)(=O)c2cccc(N(CC(N)=O)Cc3cccc(O)c3)c2)cc(OC)c1. The smallest absolute Gasteiger partial charge is 0.263 e. The molecular weight excluding hydrogens is 584 g/mol. The van der Waals surface area contributed by atoms with Gasteiger partial charge in [-0.25, -0.2) is 18.4 Å². The molecule has 226 valence electrons. The number of ether oxygens (including phenoxy) is 2. The van der Waals surface area contributed by atoms with Crippen LogP contribution in [0.25, 0.3) is 11.0 Å². The van der Waals surface area contributed by atoms with Crippen molar-refractivity contribution in [3.63, 3.8) is 0 Å². The molecule has 0 bridgehead atoms. The number of sulfonamides is 1. The van der Waals surface area contributed by atoms with Gasteiger partial charge in [-0.2, -0.15) is 0 Å². The molecule has 12 nitrogen and oxygen atoms in total.